The molecule has 2 aliphatic heterocycles. The number of aromatic carboxylic acids is 1. The first kappa shape index (κ1) is 10.7. The molecule has 6 atom stereocenters. The van der Waals surface area contributed by atoms with Crippen LogP contribution in [0.3, 0.4) is 0 Å². The van der Waals surface area contributed by atoms with Crippen molar-refractivity contribution in [3.05, 3.63) is 23.8 Å². The van der Waals surface area contributed by atoms with Gasteiger partial charge in [0.2, 0.25) is 0 Å². The molecule has 1 aromatic rings. The van der Waals surface area contributed by atoms with Crippen LogP contribution in [-0.2, 0) is 0 Å². The minimum Gasteiger partial charge on any atom is -0.507 e. The number of benzene rings is 1. The Labute approximate surface area is 114 Å². The summed E-state index contributed by atoms with van der Waals surface area (Å²) in [7, 11) is 0. The summed E-state index contributed by atoms with van der Waals surface area (Å²) in [4.78, 5) is 13.4. The Balaban J connectivity index is 1.50. The van der Waals surface area contributed by atoms with E-state index in [1.807, 2.05) is 0 Å². The van der Waals surface area contributed by atoms with E-state index in [0.29, 0.717) is 36.0 Å². The highest BCUT2D eigenvalue weighted by Crippen LogP contribution is 2.63. The van der Waals surface area contributed by atoms with E-state index in [4.69, 9.17) is 5.11 Å². The van der Waals surface area contributed by atoms with Crippen LogP contribution in [0, 0.1) is 11.8 Å². The molecular formula is C14H13N3O3. The van der Waals surface area contributed by atoms with Crippen molar-refractivity contribution >= 4 is 11.7 Å². The van der Waals surface area contributed by atoms with Gasteiger partial charge in [-0.3, -0.25) is 0 Å². The van der Waals surface area contributed by atoms with Gasteiger partial charge in [-0.25, -0.2) is 4.79 Å². The van der Waals surface area contributed by atoms with Crippen LogP contribution in [0.1, 0.15) is 16.8 Å². The number of azo groups is 1. The predicted molar refractivity (Wildman–Crippen MR) is 69.2 cm³/mol. The lowest BCUT2D eigenvalue weighted by molar-refractivity contribution is 0.0694. The molecule has 0 spiro atoms. The molecule has 6 nitrogen and oxygen atoms in total. The topological polar surface area (TPSA) is 85.3 Å². The van der Waals surface area contributed by atoms with Crippen LogP contribution in [0.4, 0.5) is 5.69 Å². The monoisotopic (exact) mass is 271 g/mol. The maximum Gasteiger partial charge on any atom is 0.339 e. The lowest BCUT2D eigenvalue weighted by Crippen LogP contribution is -2.39. The fourth-order valence-electron chi connectivity index (χ4n) is 4.56. The number of phenols is 1. The molecule has 102 valence electrons. The molecule has 20 heavy (non-hydrogen) atoms. The van der Waals surface area contributed by atoms with Gasteiger partial charge in [-0.2, -0.15) is 10.2 Å². The van der Waals surface area contributed by atoms with Crippen LogP contribution in [0.25, 0.3) is 0 Å². The zero-order valence-electron chi connectivity index (χ0n) is 10.5. The van der Waals surface area contributed by atoms with E-state index >= 15 is 0 Å². The molecule has 2 saturated carbocycles. The largest absolute Gasteiger partial charge is 0.507 e. The number of rotatable bonds is 2. The number of aromatic hydroxyl groups is 1. The molecule has 2 bridgehead atoms. The summed E-state index contributed by atoms with van der Waals surface area (Å²) in [5.41, 5.74) is 0.864. The van der Waals surface area contributed by atoms with Crippen molar-refractivity contribution in [2.75, 3.05) is 4.90 Å². The summed E-state index contributed by atoms with van der Waals surface area (Å²) >= 11 is 0. The second-order valence-electron chi connectivity index (χ2n) is 6.17. The van der Waals surface area contributed by atoms with Crippen molar-refractivity contribution < 1.29 is 15.0 Å². The second kappa shape index (κ2) is 3.13. The average molecular weight is 271 g/mol. The van der Waals surface area contributed by atoms with Crippen LogP contribution >= 0.6 is 0 Å². The number of carboxylic acid groups (broad SMARTS) is 1. The van der Waals surface area contributed by atoms with E-state index in [2.05, 4.69) is 15.1 Å². The number of anilines is 1. The van der Waals surface area contributed by atoms with Gasteiger partial charge in [0, 0.05) is 17.5 Å². The van der Waals surface area contributed by atoms with E-state index in [1.165, 1.54) is 12.5 Å². The van der Waals surface area contributed by atoms with Crippen LogP contribution in [-0.4, -0.2) is 40.3 Å². The summed E-state index contributed by atoms with van der Waals surface area (Å²) in [6, 6.07) is 6.64. The minimum atomic E-state index is -1.09. The van der Waals surface area contributed by atoms with Crippen molar-refractivity contribution in [2.24, 2.45) is 22.1 Å². The Morgan fingerprint density at radius 3 is 2.40 bits per heavy atom. The molecule has 6 heteroatoms. The highest BCUT2D eigenvalue weighted by molar-refractivity contribution is 5.92. The van der Waals surface area contributed by atoms with Gasteiger partial charge in [0.25, 0.3) is 0 Å². The van der Waals surface area contributed by atoms with Crippen molar-refractivity contribution in [3.8, 4) is 5.75 Å². The average Bonchev–Trinajstić information content (AvgIpc) is 2.93. The molecule has 1 aromatic carbocycles. The van der Waals surface area contributed by atoms with Crippen molar-refractivity contribution in [1.82, 2.24) is 0 Å². The molecule has 5 rings (SSSR count). The lowest BCUT2D eigenvalue weighted by Gasteiger charge is -2.27. The standard InChI is InChI=1S/C14H13N3O3/c18-9-2-1-5(3-6(9)14(19)20)17-12-7-4-8(13(12)17)11-10(7)15-16-11/h1-3,7-8,10-13,18H,4H2,(H,19,20)/t7-,8+,10+,11-,12+,13-,17?. The summed E-state index contributed by atoms with van der Waals surface area (Å²) < 4.78 is 0. The Morgan fingerprint density at radius 1 is 1.20 bits per heavy atom. The first-order valence-corrected chi connectivity index (χ1v) is 6.91. The highest BCUT2D eigenvalue weighted by atomic mass is 16.4. The number of piperidine rings is 1. The Kier molecular flexibility index (Phi) is 1.67. The van der Waals surface area contributed by atoms with Crippen molar-refractivity contribution in [2.45, 2.75) is 30.6 Å². The third-order valence-electron chi connectivity index (χ3n) is 5.39. The van der Waals surface area contributed by atoms with Crippen LogP contribution < -0.4 is 4.90 Å². The number of carboxylic acids is 1. The van der Waals surface area contributed by atoms with Crippen LogP contribution in [0.5, 0.6) is 5.75 Å². The van der Waals surface area contributed by atoms with Gasteiger partial charge in [-0.15, -0.1) is 0 Å². The summed E-state index contributed by atoms with van der Waals surface area (Å²) in [5.74, 6) is -0.116. The summed E-state index contributed by atoms with van der Waals surface area (Å²) in [5, 5.41) is 27.2. The van der Waals surface area contributed by atoms with Gasteiger partial charge < -0.3 is 15.1 Å². The molecule has 0 amide bonds. The molecule has 3 fully saturated rings. The quantitative estimate of drug-likeness (QED) is 0.798. The Morgan fingerprint density at radius 2 is 1.85 bits per heavy atom. The van der Waals surface area contributed by atoms with Crippen LogP contribution in [0.15, 0.2) is 28.4 Å². The number of nitrogens with zero attached hydrogens (tertiary/aromatic N) is 3. The fourth-order valence-corrected chi connectivity index (χ4v) is 4.56. The molecule has 4 aliphatic rings. The van der Waals surface area contributed by atoms with Gasteiger partial charge in [0.1, 0.15) is 23.4 Å². The molecule has 1 saturated heterocycles. The van der Waals surface area contributed by atoms with Gasteiger partial charge in [-0.1, -0.05) is 0 Å². The van der Waals surface area contributed by atoms with E-state index < -0.39 is 5.97 Å². The number of hydrogen-bond donors (Lipinski definition) is 2. The highest BCUT2D eigenvalue weighted by Gasteiger charge is 2.72. The molecule has 2 aliphatic carbocycles. The van der Waals surface area contributed by atoms with Gasteiger partial charge in [-0.05, 0) is 24.6 Å². The SMILES string of the molecule is O=C(O)c1cc(N2[C@@H]3[C@H]4C[C@H]([C@@H]5N=N[C@H]45)[C@@H]32)ccc1O. The van der Waals surface area contributed by atoms with Crippen molar-refractivity contribution in [3.63, 3.8) is 0 Å². The van der Waals surface area contributed by atoms with E-state index in [0.717, 1.165) is 5.69 Å². The molecule has 0 unspecified atom stereocenters. The molecule has 2 N–H and O–H groups in total. The van der Waals surface area contributed by atoms with E-state index in [-0.39, 0.29) is 11.3 Å². The number of hydrogen-bond acceptors (Lipinski definition) is 5. The van der Waals surface area contributed by atoms with Gasteiger partial charge in [0.15, 0.2) is 0 Å². The predicted octanol–water partition coefficient (Wildman–Crippen LogP) is 1.50. The van der Waals surface area contributed by atoms with E-state index in [1.54, 1.807) is 12.1 Å². The lowest BCUT2D eigenvalue weighted by atomic mass is 9.90. The molecular weight excluding hydrogens is 258 g/mol. The van der Waals surface area contributed by atoms with Crippen molar-refractivity contribution in [1.29, 1.82) is 0 Å². The fraction of sp³-hybridized carbons (Fsp3) is 0.500. The van der Waals surface area contributed by atoms with Gasteiger partial charge in [0.05, 0.1) is 12.1 Å². The van der Waals surface area contributed by atoms with Gasteiger partial charge >= 0.3 is 5.97 Å². The zero-order chi connectivity index (χ0) is 13.6. The molecule has 0 radical (unpaired) electrons. The number of fused-ring (bicyclic) bond motifs is 8. The summed E-state index contributed by atoms with van der Waals surface area (Å²) in [6.07, 6.45) is 1.21. The third-order valence-corrected chi connectivity index (χ3v) is 5.39. The Bertz CT molecular complexity index is 650. The smallest absolute Gasteiger partial charge is 0.339 e. The third kappa shape index (κ3) is 1.05. The molecule has 0 aromatic heterocycles. The maximum atomic E-state index is 11.1. The first-order chi connectivity index (χ1) is 9.66. The Hall–Kier alpha value is -2.11. The number of carbonyl (C=O) groups is 1. The van der Waals surface area contributed by atoms with E-state index in [9.17, 15) is 9.90 Å². The van der Waals surface area contributed by atoms with Crippen LogP contribution in [0.2, 0.25) is 0 Å². The molecule has 2 heterocycles. The zero-order valence-corrected chi connectivity index (χ0v) is 10.5. The second-order valence-corrected chi connectivity index (χ2v) is 6.17. The summed E-state index contributed by atoms with van der Waals surface area (Å²) in [6.45, 7) is 0. The normalized spacial score (nSPS) is 42.1. The maximum absolute atomic E-state index is 11.1. The first-order valence-electron chi connectivity index (χ1n) is 6.91. The minimum absolute atomic E-state index is 0.0304.